The van der Waals surface area contributed by atoms with Gasteiger partial charge in [-0.25, -0.2) is 22.8 Å². The first-order valence-electron chi connectivity index (χ1n) is 9.95. The van der Waals surface area contributed by atoms with E-state index in [0.29, 0.717) is 17.0 Å². The monoisotopic (exact) mass is 508 g/mol. The Morgan fingerprint density at radius 1 is 1.00 bits per heavy atom. The number of carbonyl (C=O) groups is 1. The summed E-state index contributed by atoms with van der Waals surface area (Å²) in [6, 6.07) is 10.6. The molecule has 1 amide bonds. The summed E-state index contributed by atoms with van der Waals surface area (Å²) >= 11 is 0. The number of alkyl halides is 3. The third kappa shape index (κ3) is 5.81. The van der Waals surface area contributed by atoms with Crippen molar-refractivity contribution in [1.29, 1.82) is 0 Å². The minimum atomic E-state index is -4.45. The molecule has 8 nitrogen and oxygen atoms in total. The quantitative estimate of drug-likeness (QED) is 0.369. The second-order valence-electron chi connectivity index (χ2n) is 7.32. The summed E-state index contributed by atoms with van der Waals surface area (Å²) in [4.78, 5) is 20.1. The van der Waals surface area contributed by atoms with Crippen molar-refractivity contribution < 1.29 is 35.2 Å². The van der Waals surface area contributed by atoms with E-state index in [2.05, 4.69) is 20.0 Å². The number of aromatic nitrogens is 2. The summed E-state index contributed by atoms with van der Waals surface area (Å²) in [5.74, 6) is -1.23. The lowest BCUT2D eigenvalue weighted by molar-refractivity contribution is -0.137. The van der Waals surface area contributed by atoms with Crippen molar-refractivity contribution in [2.75, 3.05) is 6.54 Å². The van der Waals surface area contributed by atoms with E-state index in [0.717, 1.165) is 30.3 Å². The summed E-state index contributed by atoms with van der Waals surface area (Å²) in [5, 5.41) is 2.26. The largest absolute Gasteiger partial charge is 0.443 e. The lowest BCUT2D eigenvalue weighted by atomic mass is 10.1. The predicted molar refractivity (Wildman–Crippen MR) is 116 cm³/mol. The molecule has 2 heterocycles. The van der Waals surface area contributed by atoms with Crippen LogP contribution in [0.3, 0.4) is 0 Å². The molecule has 0 unspecified atom stereocenters. The normalized spacial score (nSPS) is 12.1. The Kier molecular flexibility index (Phi) is 6.54. The van der Waals surface area contributed by atoms with Crippen LogP contribution in [-0.2, 0) is 27.5 Å². The molecule has 0 aliphatic heterocycles. The molecule has 0 bridgehead atoms. The molecule has 2 N–H and O–H groups in total. The number of furan rings is 1. The van der Waals surface area contributed by atoms with Crippen molar-refractivity contribution >= 4 is 26.9 Å². The fourth-order valence-electron chi connectivity index (χ4n) is 3.09. The fraction of sp³-hybridized carbons (Fsp3) is 0.136. The summed E-state index contributed by atoms with van der Waals surface area (Å²) < 4.78 is 83.5. The number of hydrogen-bond acceptors (Lipinski definition) is 6. The minimum Gasteiger partial charge on any atom is -0.443 e. The number of fused-ring (bicyclic) bond motifs is 1. The van der Waals surface area contributed by atoms with Crippen molar-refractivity contribution in [1.82, 2.24) is 20.0 Å². The molecule has 0 saturated heterocycles. The zero-order valence-electron chi connectivity index (χ0n) is 17.6. The lowest BCUT2D eigenvalue weighted by Gasteiger charge is -2.09. The number of hydrogen-bond donors (Lipinski definition) is 2. The van der Waals surface area contributed by atoms with Gasteiger partial charge in [-0.15, -0.1) is 0 Å². The number of amides is 1. The van der Waals surface area contributed by atoms with Gasteiger partial charge in [0.1, 0.15) is 17.7 Å². The Morgan fingerprint density at radius 2 is 1.74 bits per heavy atom. The molecule has 0 atom stereocenters. The van der Waals surface area contributed by atoms with E-state index in [9.17, 15) is 30.8 Å². The standard InChI is InChI=1S/C22H16F4N4O4S/c23-16-5-6-19-14(7-16)8-21(34-19)35(32,33)30-11-20(31)27-10-17-9-18(29-12-28-17)13-1-3-15(4-2-13)22(24,25)26/h1-9,12,30H,10-11H2,(H,27,31). The topological polar surface area (TPSA) is 114 Å². The van der Waals surface area contributed by atoms with Crippen molar-refractivity contribution in [2.24, 2.45) is 0 Å². The molecule has 2 aromatic carbocycles. The third-order valence-electron chi connectivity index (χ3n) is 4.84. The number of carbonyl (C=O) groups excluding carboxylic acids is 1. The smallest absolute Gasteiger partial charge is 0.416 e. The molecule has 0 radical (unpaired) electrons. The maximum absolute atomic E-state index is 13.3. The number of nitrogens with zero attached hydrogens (tertiary/aromatic N) is 2. The number of nitrogens with one attached hydrogen (secondary N) is 2. The van der Waals surface area contributed by atoms with Crippen LogP contribution < -0.4 is 10.0 Å². The highest BCUT2D eigenvalue weighted by Crippen LogP contribution is 2.30. The number of halogens is 4. The van der Waals surface area contributed by atoms with Crippen molar-refractivity contribution in [3.8, 4) is 11.3 Å². The van der Waals surface area contributed by atoms with Gasteiger partial charge in [-0.05, 0) is 36.4 Å². The molecule has 13 heteroatoms. The van der Waals surface area contributed by atoms with Crippen LogP contribution in [-0.4, -0.2) is 30.8 Å². The van der Waals surface area contributed by atoms with Gasteiger partial charge in [-0.1, -0.05) is 12.1 Å². The van der Waals surface area contributed by atoms with E-state index in [1.807, 2.05) is 0 Å². The first-order valence-corrected chi connectivity index (χ1v) is 11.4. The number of sulfonamides is 1. The molecule has 4 aromatic rings. The highest BCUT2D eigenvalue weighted by molar-refractivity contribution is 7.89. The molecule has 35 heavy (non-hydrogen) atoms. The Bertz CT molecular complexity index is 1490. The van der Waals surface area contributed by atoms with E-state index in [1.165, 1.54) is 30.6 Å². The van der Waals surface area contributed by atoms with Gasteiger partial charge < -0.3 is 9.73 Å². The van der Waals surface area contributed by atoms with Gasteiger partial charge in [-0.2, -0.15) is 17.9 Å². The SMILES string of the molecule is O=C(CNS(=O)(=O)c1cc2cc(F)ccc2o1)NCc1cc(-c2ccc(C(F)(F)F)cc2)ncn1. The zero-order chi connectivity index (χ0) is 25.2. The summed E-state index contributed by atoms with van der Waals surface area (Å²) in [5.41, 5.74) is 0.501. The van der Waals surface area contributed by atoms with Gasteiger partial charge in [-0.3, -0.25) is 4.79 Å². The maximum atomic E-state index is 13.3. The Balaban J connectivity index is 1.35. The van der Waals surface area contributed by atoms with Crippen LogP contribution in [0.15, 0.2) is 70.4 Å². The third-order valence-corrected chi connectivity index (χ3v) is 6.10. The lowest BCUT2D eigenvalue weighted by Crippen LogP contribution is -2.36. The first kappa shape index (κ1) is 24.3. The maximum Gasteiger partial charge on any atom is 0.416 e. The zero-order valence-corrected chi connectivity index (χ0v) is 18.5. The van der Waals surface area contributed by atoms with Crippen molar-refractivity contribution in [3.05, 3.63) is 78.0 Å². The van der Waals surface area contributed by atoms with Gasteiger partial charge in [0.05, 0.1) is 30.0 Å². The molecule has 0 aliphatic rings. The summed E-state index contributed by atoms with van der Waals surface area (Å²) in [6.45, 7) is -0.689. The second kappa shape index (κ2) is 9.43. The Morgan fingerprint density at radius 3 is 2.46 bits per heavy atom. The second-order valence-corrected chi connectivity index (χ2v) is 9.02. The molecule has 182 valence electrons. The van der Waals surface area contributed by atoms with Crippen LogP contribution in [0.5, 0.6) is 0 Å². The highest BCUT2D eigenvalue weighted by atomic mass is 32.2. The molecule has 4 rings (SSSR count). The van der Waals surface area contributed by atoms with E-state index >= 15 is 0 Å². The first-order chi connectivity index (χ1) is 16.5. The van der Waals surface area contributed by atoms with Gasteiger partial charge in [0.2, 0.25) is 11.0 Å². The molecular weight excluding hydrogens is 492 g/mol. The summed E-state index contributed by atoms with van der Waals surface area (Å²) in [7, 11) is -4.18. The molecule has 0 spiro atoms. The van der Waals surface area contributed by atoms with Crippen LogP contribution in [0.1, 0.15) is 11.3 Å². The van der Waals surface area contributed by atoms with Crippen LogP contribution in [0, 0.1) is 5.82 Å². The van der Waals surface area contributed by atoms with Gasteiger partial charge in [0.15, 0.2) is 0 Å². The van der Waals surface area contributed by atoms with Gasteiger partial charge >= 0.3 is 6.18 Å². The highest BCUT2D eigenvalue weighted by Gasteiger charge is 2.30. The van der Waals surface area contributed by atoms with Gasteiger partial charge in [0, 0.05) is 17.0 Å². The Labute approximate surface area is 196 Å². The fourth-order valence-corrected chi connectivity index (χ4v) is 4.03. The van der Waals surface area contributed by atoms with E-state index < -0.39 is 45.1 Å². The molecular formula is C22H16F4N4O4S. The van der Waals surface area contributed by atoms with Crippen molar-refractivity contribution in [2.45, 2.75) is 17.8 Å². The van der Waals surface area contributed by atoms with E-state index in [-0.39, 0.29) is 17.5 Å². The molecule has 0 aliphatic carbocycles. The number of rotatable bonds is 7. The number of benzene rings is 2. The van der Waals surface area contributed by atoms with Crippen molar-refractivity contribution in [3.63, 3.8) is 0 Å². The van der Waals surface area contributed by atoms with Crippen LogP contribution in [0.25, 0.3) is 22.2 Å². The average molecular weight is 508 g/mol. The average Bonchev–Trinajstić information content (AvgIpc) is 3.25. The summed E-state index contributed by atoms with van der Waals surface area (Å²) in [6.07, 6.45) is -3.26. The Hall–Kier alpha value is -3.84. The van der Waals surface area contributed by atoms with E-state index in [1.54, 1.807) is 0 Å². The predicted octanol–water partition coefficient (Wildman–Crippen LogP) is 3.64. The van der Waals surface area contributed by atoms with E-state index in [4.69, 9.17) is 4.42 Å². The van der Waals surface area contributed by atoms with Crippen LogP contribution >= 0.6 is 0 Å². The molecule has 0 saturated carbocycles. The molecule has 2 aromatic heterocycles. The minimum absolute atomic E-state index is 0.0827. The van der Waals surface area contributed by atoms with Crippen LogP contribution in [0.4, 0.5) is 17.6 Å². The van der Waals surface area contributed by atoms with Crippen LogP contribution in [0.2, 0.25) is 0 Å². The van der Waals surface area contributed by atoms with Gasteiger partial charge in [0.25, 0.3) is 10.0 Å². The molecule has 0 fully saturated rings.